The summed E-state index contributed by atoms with van der Waals surface area (Å²) in [5.41, 5.74) is 2.36. The standard InChI is InChI=1S/C19H19ClN2O2S/c1-2-9-21-19(24)14-5-8-17-16(10-14)22(18(23)12-25-17)11-13-3-6-15(20)7-4-13/h3-8,10H,2,9,11-12H2,1H3,(H,21,24). The molecule has 0 saturated heterocycles. The van der Waals surface area contributed by atoms with E-state index in [0.717, 1.165) is 22.6 Å². The highest BCUT2D eigenvalue weighted by molar-refractivity contribution is 8.00. The lowest BCUT2D eigenvalue weighted by molar-refractivity contribution is -0.116. The molecule has 4 nitrogen and oxygen atoms in total. The summed E-state index contributed by atoms with van der Waals surface area (Å²) >= 11 is 7.44. The van der Waals surface area contributed by atoms with Crippen LogP contribution in [0.5, 0.6) is 0 Å². The second kappa shape index (κ2) is 7.93. The molecule has 1 aliphatic rings. The number of halogens is 1. The first-order valence-electron chi connectivity index (χ1n) is 8.18. The van der Waals surface area contributed by atoms with Crippen molar-refractivity contribution >= 4 is 40.9 Å². The number of hydrogen-bond acceptors (Lipinski definition) is 3. The molecule has 0 radical (unpaired) electrons. The zero-order chi connectivity index (χ0) is 17.8. The summed E-state index contributed by atoms with van der Waals surface area (Å²) in [7, 11) is 0. The predicted octanol–water partition coefficient (Wildman–Crippen LogP) is 4.12. The second-order valence-electron chi connectivity index (χ2n) is 5.83. The highest BCUT2D eigenvalue weighted by Gasteiger charge is 2.26. The Morgan fingerprint density at radius 3 is 2.72 bits per heavy atom. The molecule has 2 amide bonds. The number of benzene rings is 2. The normalized spacial score (nSPS) is 13.5. The number of carbonyl (C=O) groups excluding carboxylic acids is 2. The molecule has 0 saturated carbocycles. The molecule has 0 unspecified atom stereocenters. The minimum Gasteiger partial charge on any atom is -0.352 e. The number of rotatable bonds is 5. The van der Waals surface area contributed by atoms with Crippen molar-refractivity contribution in [2.75, 3.05) is 17.2 Å². The number of fused-ring (bicyclic) bond motifs is 1. The number of thioether (sulfide) groups is 1. The maximum absolute atomic E-state index is 12.5. The SMILES string of the molecule is CCCNC(=O)c1ccc2c(c1)N(Cc1ccc(Cl)cc1)C(=O)CS2. The number of hydrogen-bond donors (Lipinski definition) is 1. The Bertz CT molecular complexity index is 793. The Hall–Kier alpha value is -1.98. The first kappa shape index (κ1) is 17.8. The van der Waals surface area contributed by atoms with Gasteiger partial charge in [0.2, 0.25) is 5.91 Å². The third kappa shape index (κ3) is 4.17. The highest BCUT2D eigenvalue weighted by Crippen LogP contribution is 2.37. The molecule has 0 aromatic heterocycles. The molecule has 1 N–H and O–H groups in total. The summed E-state index contributed by atoms with van der Waals surface area (Å²) < 4.78 is 0. The predicted molar refractivity (Wildman–Crippen MR) is 102 cm³/mol. The largest absolute Gasteiger partial charge is 0.352 e. The average molecular weight is 375 g/mol. The fourth-order valence-corrected chi connectivity index (χ4v) is 3.67. The first-order chi connectivity index (χ1) is 12.1. The molecule has 0 bridgehead atoms. The molecular weight excluding hydrogens is 356 g/mol. The first-order valence-corrected chi connectivity index (χ1v) is 9.54. The molecule has 25 heavy (non-hydrogen) atoms. The zero-order valence-corrected chi connectivity index (χ0v) is 15.5. The van der Waals surface area contributed by atoms with Gasteiger partial charge in [-0.2, -0.15) is 0 Å². The van der Waals surface area contributed by atoms with E-state index >= 15 is 0 Å². The van der Waals surface area contributed by atoms with Crippen molar-refractivity contribution in [1.82, 2.24) is 5.32 Å². The van der Waals surface area contributed by atoms with Crippen molar-refractivity contribution < 1.29 is 9.59 Å². The number of nitrogens with one attached hydrogen (secondary N) is 1. The van der Waals surface area contributed by atoms with Gasteiger partial charge in [0.05, 0.1) is 18.0 Å². The summed E-state index contributed by atoms with van der Waals surface area (Å²) in [6.07, 6.45) is 0.883. The third-order valence-corrected chi connectivity index (χ3v) is 5.25. The van der Waals surface area contributed by atoms with Crippen LogP contribution in [-0.2, 0) is 11.3 Å². The lowest BCUT2D eigenvalue weighted by Crippen LogP contribution is -2.35. The van der Waals surface area contributed by atoms with Crippen molar-refractivity contribution in [3.63, 3.8) is 0 Å². The van der Waals surface area contributed by atoms with Gasteiger partial charge >= 0.3 is 0 Å². The molecule has 3 rings (SSSR count). The summed E-state index contributed by atoms with van der Waals surface area (Å²) in [5, 5.41) is 3.54. The number of amides is 2. The van der Waals surface area contributed by atoms with E-state index in [1.807, 2.05) is 43.3 Å². The van der Waals surface area contributed by atoms with Gasteiger partial charge in [0.15, 0.2) is 0 Å². The van der Waals surface area contributed by atoms with E-state index in [4.69, 9.17) is 11.6 Å². The molecule has 6 heteroatoms. The van der Waals surface area contributed by atoms with Gasteiger partial charge in [-0.05, 0) is 42.3 Å². The quantitative estimate of drug-likeness (QED) is 0.856. The Morgan fingerprint density at radius 2 is 2.00 bits per heavy atom. The van der Waals surface area contributed by atoms with Gasteiger partial charge in [0.25, 0.3) is 5.91 Å². The molecule has 0 spiro atoms. The van der Waals surface area contributed by atoms with Gasteiger partial charge in [-0.1, -0.05) is 30.7 Å². The average Bonchev–Trinajstić information content (AvgIpc) is 2.63. The summed E-state index contributed by atoms with van der Waals surface area (Å²) in [6.45, 7) is 3.11. The van der Waals surface area contributed by atoms with Crippen molar-refractivity contribution in [3.8, 4) is 0 Å². The Morgan fingerprint density at radius 1 is 1.24 bits per heavy atom. The molecule has 2 aromatic carbocycles. The van der Waals surface area contributed by atoms with Crippen LogP contribution in [0, 0.1) is 0 Å². The molecule has 0 atom stereocenters. The van der Waals surface area contributed by atoms with Gasteiger partial charge in [0.1, 0.15) is 0 Å². The zero-order valence-electron chi connectivity index (χ0n) is 13.9. The van der Waals surface area contributed by atoms with E-state index in [0.29, 0.717) is 29.4 Å². The van der Waals surface area contributed by atoms with Crippen LogP contribution in [0.2, 0.25) is 5.02 Å². The van der Waals surface area contributed by atoms with Gasteiger partial charge < -0.3 is 10.2 Å². The van der Waals surface area contributed by atoms with Crippen LogP contribution >= 0.6 is 23.4 Å². The van der Waals surface area contributed by atoms with E-state index in [1.165, 1.54) is 11.8 Å². The maximum Gasteiger partial charge on any atom is 0.251 e. The maximum atomic E-state index is 12.5. The van der Waals surface area contributed by atoms with Gasteiger partial charge in [-0.3, -0.25) is 9.59 Å². The van der Waals surface area contributed by atoms with E-state index in [1.54, 1.807) is 11.0 Å². The van der Waals surface area contributed by atoms with Crippen LogP contribution in [0.15, 0.2) is 47.4 Å². The van der Waals surface area contributed by atoms with Gasteiger partial charge in [-0.15, -0.1) is 11.8 Å². The van der Waals surface area contributed by atoms with Crippen LogP contribution in [0.25, 0.3) is 0 Å². The highest BCUT2D eigenvalue weighted by atomic mass is 35.5. The van der Waals surface area contributed by atoms with Gasteiger partial charge in [-0.25, -0.2) is 0 Å². The van der Waals surface area contributed by atoms with Crippen LogP contribution in [0.1, 0.15) is 29.3 Å². The lowest BCUT2D eigenvalue weighted by Gasteiger charge is -2.29. The second-order valence-corrected chi connectivity index (χ2v) is 7.29. The molecule has 130 valence electrons. The van der Waals surface area contributed by atoms with Crippen molar-refractivity contribution in [2.45, 2.75) is 24.8 Å². The monoisotopic (exact) mass is 374 g/mol. The fraction of sp³-hybridized carbons (Fsp3) is 0.263. The molecular formula is C19H19ClN2O2S. The van der Waals surface area contributed by atoms with Crippen LogP contribution in [0.4, 0.5) is 5.69 Å². The number of carbonyl (C=O) groups is 2. The minimum absolute atomic E-state index is 0.0403. The number of anilines is 1. The summed E-state index contributed by atoms with van der Waals surface area (Å²) in [4.78, 5) is 27.5. The lowest BCUT2D eigenvalue weighted by atomic mass is 10.1. The third-order valence-electron chi connectivity index (χ3n) is 3.95. The molecule has 0 aliphatic carbocycles. The number of nitrogens with zero attached hydrogens (tertiary/aromatic N) is 1. The van der Waals surface area contributed by atoms with Gasteiger partial charge in [0, 0.05) is 22.0 Å². The molecule has 1 heterocycles. The fourth-order valence-electron chi connectivity index (χ4n) is 2.63. The molecule has 2 aromatic rings. The van der Waals surface area contributed by atoms with E-state index in [-0.39, 0.29) is 11.8 Å². The molecule has 0 fully saturated rings. The minimum atomic E-state index is -0.112. The smallest absolute Gasteiger partial charge is 0.251 e. The van der Waals surface area contributed by atoms with Crippen molar-refractivity contribution in [3.05, 3.63) is 58.6 Å². The van der Waals surface area contributed by atoms with Crippen molar-refractivity contribution in [1.29, 1.82) is 0 Å². The van der Waals surface area contributed by atoms with E-state index in [9.17, 15) is 9.59 Å². The van der Waals surface area contributed by atoms with Crippen LogP contribution in [0.3, 0.4) is 0 Å². The van der Waals surface area contributed by atoms with Crippen LogP contribution < -0.4 is 10.2 Å². The Kier molecular flexibility index (Phi) is 5.66. The van der Waals surface area contributed by atoms with Crippen LogP contribution in [-0.4, -0.2) is 24.1 Å². The van der Waals surface area contributed by atoms with Crippen molar-refractivity contribution in [2.24, 2.45) is 0 Å². The molecule has 1 aliphatic heterocycles. The van der Waals surface area contributed by atoms with E-state index in [2.05, 4.69) is 5.32 Å². The Balaban J connectivity index is 1.89. The topological polar surface area (TPSA) is 49.4 Å². The Labute approximate surface area is 156 Å². The summed E-state index contributed by atoms with van der Waals surface area (Å²) in [5.74, 6) is 0.333. The summed E-state index contributed by atoms with van der Waals surface area (Å²) in [6, 6.07) is 13.0. The van der Waals surface area contributed by atoms with E-state index < -0.39 is 0 Å².